The fourth-order valence-electron chi connectivity index (χ4n) is 0.642. The molecule has 15 heavy (non-hydrogen) atoms. The van der Waals surface area contributed by atoms with Crippen molar-refractivity contribution < 1.29 is 26.2 Å². The molecule has 78 valence electrons. The van der Waals surface area contributed by atoms with Crippen LogP contribution in [0.25, 0.3) is 0 Å². The summed E-state index contributed by atoms with van der Waals surface area (Å²) in [5.41, 5.74) is 0. The minimum atomic E-state index is 0. The van der Waals surface area contributed by atoms with Crippen molar-refractivity contribution in [3.63, 3.8) is 0 Å². The van der Waals surface area contributed by atoms with E-state index in [1.54, 1.807) is 13.8 Å². The zero-order valence-electron chi connectivity index (χ0n) is 9.69. The summed E-state index contributed by atoms with van der Waals surface area (Å²) < 4.78 is 0. The Morgan fingerprint density at radius 1 is 0.400 bits per heavy atom. The predicted molar refractivity (Wildman–Crippen MR) is 65.1 cm³/mol. The van der Waals surface area contributed by atoms with Crippen LogP contribution >= 0.6 is 0 Å². The molecule has 0 amide bonds. The summed E-state index contributed by atoms with van der Waals surface area (Å²) in [5.74, 6) is 0. The van der Waals surface area contributed by atoms with E-state index in [4.69, 9.17) is 0 Å². The predicted octanol–water partition coefficient (Wildman–Crippen LogP) is 3.72. The standard InChI is InChI=1S/2C5H5.2C2H5.Zr/c2*1-2-4-5-3-1;2*1-2;/h2*1-5H;2*1H2,2H3;/q;;2*-1;+4. The van der Waals surface area contributed by atoms with E-state index in [0.717, 1.165) is 0 Å². The van der Waals surface area contributed by atoms with Crippen molar-refractivity contribution in [2.24, 2.45) is 0 Å². The average Bonchev–Trinajstić information content (AvgIpc) is 3.01. The summed E-state index contributed by atoms with van der Waals surface area (Å²) in [5, 5.41) is 0. The molecular formula is C14H20Zr+2. The number of rotatable bonds is 0. The van der Waals surface area contributed by atoms with Gasteiger partial charge >= 0.3 is 26.2 Å². The van der Waals surface area contributed by atoms with Gasteiger partial charge in [-0.05, 0) is 64.2 Å². The fraction of sp³-hybridized carbons (Fsp3) is 0.143. The van der Waals surface area contributed by atoms with Crippen LogP contribution in [0.4, 0.5) is 0 Å². The van der Waals surface area contributed by atoms with Gasteiger partial charge in [-0.3, -0.25) is 0 Å². The maximum atomic E-state index is 3.25. The van der Waals surface area contributed by atoms with Crippen molar-refractivity contribution in [3.05, 3.63) is 78.1 Å². The maximum absolute atomic E-state index is 3.25. The van der Waals surface area contributed by atoms with E-state index < -0.39 is 0 Å². The molecule has 0 unspecified atom stereocenters. The van der Waals surface area contributed by atoms with Crippen LogP contribution in [-0.2, 0) is 26.2 Å². The molecule has 10 radical (unpaired) electrons. The summed E-state index contributed by atoms with van der Waals surface area (Å²) in [4.78, 5) is 0. The maximum Gasteiger partial charge on any atom is 4.00 e. The second-order valence-electron chi connectivity index (χ2n) is 1.92. The first-order chi connectivity index (χ1) is 7.00. The van der Waals surface area contributed by atoms with Gasteiger partial charge in [-0.25, -0.2) is 0 Å². The summed E-state index contributed by atoms with van der Waals surface area (Å²) >= 11 is 0. The van der Waals surface area contributed by atoms with Crippen LogP contribution in [0.2, 0.25) is 0 Å². The zero-order valence-corrected chi connectivity index (χ0v) is 12.1. The Morgan fingerprint density at radius 3 is 0.533 bits per heavy atom. The van der Waals surface area contributed by atoms with Gasteiger partial charge in [0.2, 0.25) is 0 Å². The molecule has 2 fully saturated rings. The van der Waals surface area contributed by atoms with Crippen molar-refractivity contribution in [1.29, 1.82) is 0 Å². The minimum Gasteiger partial charge on any atom is -0.346 e. The number of hydrogen-bond acceptors (Lipinski definition) is 0. The molecule has 2 saturated carbocycles. The quantitative estimate of drug-likeness (QED) is 0.593. The summed E-state index contributed by atoms with van der Waals surface area (Å²) in [7, 11) is 0. The van der Waals surface area contributed by atoms with Crippen LogP contribution in [0.5, 0.6) is 0 Å². The van der Waals surface area contributed by atoms with E-state index in [-0.39, 0.29) is 26.2 Å². The monoisotopic (exact) mass is 278 g/mol. The molecule has 2 aliphatic rings. The Labute approximate surface area is 118 Å². The Hall–Kier alpha value is 0.883. The molecule has 1 heteroatoms. The molecule has 0 spiro atoms. The largest absolute Gasteiger partial charge is 4.00 e. The van der Waals surface area contributed by atoms with Gasteiger partial charge in [0.25, 0.3) is 0 Å². The van der Waals surface area contributed by atoms with Gasteiger partial charge in [0.05, 0.1) is 0 Å². The van der Waals surface area contributed by atoms with Crippen LogP contribution < -0.4 is 0 Å². The van der Waals surface area contributed by atoms with Crippen molar-refractivity contribution in [2.45, 2.75) is 13.8 Å². The molecule has 0 saturated heterocycles. The fourth-order valence-corrected chi connectivity index (χ4v) is 0.642. The van der Waals surface area contributed by atoms with E-state index in [0.29, 0.717) is 0 Å². The molecule has 0 atom stereocenters. The topological polar surface area (TPSA) is 0 Å². The zero-order chi connectivity index (χ0) is 11.1. The van der Waals surface area contributed by atoms with Gasteiger partial charge in [-0.1, -0.05) is 0 Å². The average molecular weight is 280 g/mol. The van der Waals surface area contributed by atoms with E-state index >= 15 is 0 Å². The Balaban J connectivity index is -0.000000138. The van der Waals surface area contributed by atoms with Crippen LogP contribution in [0.3, 0.4) is 0 Å². The molecule has 2 rings (SSSR count). The molecule has 0 aromatic heterocycles. The first-order valence-electron chi connectivity index (χ1n) is 4.75. The van der Waals surface area contributed by atoms with E-state index in [1.165, 1.54) is 0 Å². The van der Waals surface area contributed by atoms with Gasteiger partial charge in [0, 0.05) is 0 Å². The van der Waals surface area contributed by atoms with E-state index in [2.05, 4.69) is 13.8 Å². The second-order valence-corrected chi connectivity index (χ2v) is 1.92. The van der Waals surface area contributed by atoms with Gasteiger partial charge < -0.3 is 13.8 Å². The van der Waals surface area contributed by atoms with Crippen molar-refractivity contribution in [3.8, 4) is 0 Å². The molecular weight excluding hydrogens is 259 g/mol. The van der Waals surface area contributed by atoms with Gasteiger partial charge in [-0.2, -0.15) is 13.8 Å². The van der Waals surface area contributed by atoms with Crippen LogP contribution in [0.1, 0.15) is 13.8 Å². The van der Waals surface area contributed by atoms with E-state index in [9.17, 15) is 0 Å². The first-order valence-corrected chi connectivity index (χ1v) is 4.75. The Kier molecular flexibility index (Phi) is 34.2. The van der Waals surface area contributed by atoms with Gasteiger partial charge in [0.15, 0.2) is 0 Å². The molecule has 0 nitrogen and oxygen atoms in total. The van der Waals surface area contributed by atoms with Crippen LogP contribution in [0, 0.1) is 78.1 Å². The molecule has 0 aromatic rings. The minimum absolute atomic E-state index is 0. The van der Waals surface area contributed by atoms with Crippen LogP contribution in [-0.4, -0.2) is 0 Å². The SMILES string of the molecule is [CH2-]C.[CH2-]C.[CH]1[CH][CH][CH][CH]1.[CH]1[CH][CH][CH][CH]1.[Zr+4]. The third kappa shape index (κ3) is 20.9. The smallest absolute Gasteiger partial charge is 0.346 e. The Morgan fingerprint density at radius 2 is 0.467 bits per heavy atom. The summed E-state index contributed by atoms with van der Waals surface area (Å²) in [6.07, 6.45) is 20.0. The molecule has 0 aliphatic heterocycles. The summed E-state index contributed by atoms with van der Waals surface area (Å²) in [6.45, 7) is 10.0. The molecule has 0 N–H and O–H groups in total. The van der Waals surface area contributed by atoms with Gasteiger partial charge in [0.1, 0.15) is 0 Å². The number of hydrogen-bond donors (Lipinski definition) is 0. The van der Waals surface area contributed by atoms with Gasteiger partial charge in [-0.15, -0.1) is 0 Å². The normalized spacial score (nSPS) is 16.8. The molecule has 2 aliphatic carbocycles. The third-order valence-electron chi connectivity index (χ3n) is 1.11. The van der Waals surface area contributed by atoms with Crippen molar-refractivity contribution in [2.75, 3.05) is 0 Å². The molecule has 0 heterocycles. The van der Waals surface area contributed by atoms with E-state index in [1.807, 2.05) is 64.2 Å². The van der Waals surface area contributed by atoms with Crippen molar-refractivity contribution >= 4 is 0 Å². The first kappa shape index (κ1) is 21.2. The second kappa shape index (κ2) is 24.2. The summed E-state index contributed by atoms with van der Waals surface area (Å²) in [6, 6.07) is 0. The van der Waals surface area contributed by atoms with Crippen LogP contribution in [0.15, 0.2) is 0 Å². The molecule has 0 bridgehead atoms. The van der Waals surface area contributed by atoms with Crippen molar-refractivity contribution in [1.82, 2.24) is 0 Å². The Bertz CT molecular complexity index is 38.5. The third-order valence-corrected chi connectivity index (χ3v) is 1.11. The molecule has 0 aromatic carbocycles.